The number of aliphatic carboxylic acids is 1. The average Bonchev–Trinajstić information content (AvgIpc) is 2.88. The van der Waals surface area contributed by atoms with E-state index in [1.54, 1.807) is 0 Å². The first kappa shape index (κ1) is 13.6. The molecule has 2 aliphatic carbocycles. The lowest BCUT2D eigenvalue weighted by atomic mass is 9.93. The maximum atomic E-state index is 11.1. The molecule has 0 aromatic heterocycles. The number of hydrogen-bond donors (Lipinski definition) is 2. The summed E-state index contributed by atoms with van der Waals surface area (Å²) >= 11 is 0. The van der Waals surface area contributed by atoms with Gasteiger partial charge in [-0.1, -0.05) is 26.0 Å². The van der Waals surface area contributed by atoms with Gasteiger partial charge < -0.3 is 10.4 Å². The van der Waals surface area contributed by atoms with Crippen LogP contribution in [0, 0.1) is 29.6 Å². The molecule has 1 fully saturated rings. The van der Waals surface area contributed by atoms with Gasteiger partial charge in [0.15, 0.2) is 0 Å². The van der Waals surface area contributed by atoms with Crippen LogP contribution in [0.4, 0.5) is 0 Å². The van der Waals surface area contributed by atoms with Crippen molar-refractivity contribution in [3.8, 4) is 0 Å². The molecule has 2 aliphatic rings. The third-order valence-electron chi connectivity index (χ3n) is 4.32. The van der Waals surface area contributed by atoms with Crippen molar-refractivity contribution in [2.45, 2.75) is 33.1 Å². The number of carbonyl (C=O) groups is 1. The van der Waals surface area contributed by atoms with Crippen molar-refractivity contribution in [3.63, 3.8) is 0 Å². The van der Waals surface area contributed by atoms with Crippen molar-refractivity contribution in [1.29, 1.82) is 0 Å². The first-order valence-electron chi connectivity index (χ1n) is 7.18. The van der Waals surface area contributed by atoms with Crippen molar-refractivity contribution in [2.75, 3.05) is 13.1 Å². The fourth-order valence-corrected chi connectivity index (χ4v) is 3.41. The normalized spacial score (nSPS) is 31.2. The highest BCUT2D eigenvalue weighted by Gasteiger charge is 2.35. The second kappa shape index (κ2) is 5.87. The van der Waals surface area contributed by atoms with Gasteiger partial charge >= 0.3 is 5.97 Å². The van der Waals surface area contributed by atoms with Gasteiger partial charge in [0.25, 0.3) is 0 Å². The van der Waals surface area contributed by atoms with Gasteiger partial charge in [-0.3, -0.25) is 4.79 Å². The standard InChI is InChI=1S/C15H25NO2/c1-10(2)5-14(15(17)18)9-16-8-13-7-11-3-4-12(13)6-11/h3-4,10-14,16H,5-9H2,1-2H3,(H,17,18). The van der Waals surface area contributed by atoms with Gasteiger partial charge in [-0.05, 0) is 49.5 Å². The molecule has 0 aromatic rings. The van der Waals surface area contributed by atoms with Gasteiger partial charge in [0, 0.05) is 6.54 Å². The van der Waals surface area contributed by atoms with E-state index >= 15 is 0 Å². The van der Waals surface area contributed by atoms with Gasteiger partial charge in [-0.25, -0.2) is 0 Å². The number of carboxylic acid groups (broad SMARTS) is 1. The van der Waals surface area contributed by atoms with Crippen LogP contribution < -0.4 is 5.32 Å². The molecule has 0 aromatic carbocycles. The van der Waals surface area contributed by atoms with Crippen LogP contribution in [0.2, 0.25) is 0 Å². The van der Waals surface area contributed by atoms with Crippen LogP contribution in [0.25, 0.3) is 0 Å². The van der Waals surface area contributed by atoms with Crippen LogP contribution in [0.1, 0.15) is 33.1 Å². The predicted molar refractivity (Wildman–Crippen MR) is 72.3 cm³/mol. The molecule has 4 atom stereocenters. The number of carboxylic acids is 1. The van der Waals surface area contributed by atoms with E-state index in [-0.39, 0.29) is 5.92 Å². The molecule has 102 valence electrons. The van der Waals surface area contributed by atoms with Crippen LogP contribution >= 0.6 is 0 Å². The molecular weight excluding hydrogens is 226 g/mol. The molecule has 0 heterocycles. The van der Waals surface area contributed by atoms with E-state index in [9.17, 15) is 4.79 Å². The molecule has 0 radical (unpaired) electrons. The summed E-state index contributed by atoms with van der Waals surface area (Å²) in [6, 6.07) is 0. The molecule has 0 aliphatic heterocycles. The molecule has 18 heavy (non-hydrogen) atoms. The molecule has 0 spiro atoms. The summed E-state index contributed by atoms with van der Waals surface area (Å²) in [6.45, 7) is 5.76. The minimum absolute atomic E-state index is 0.237. The molecule has 1 saturated carbocycles. The first-order chi connectivity index (χ1) is 8.56. The topological polar surface area (TPSA) is 49.3 Å². The Kier molecular flexibility index (Phi) is 4.44. The summed E-state index contributed by atoms with van der Waals surface area (Å²) in [6.07, 6.45) is 8.07. The number of nitrogens with one attached hydrogen (secondary N) is 1. The Morgan fingerprint density at radius 2 is 2.17 bits per heavy atom. The SMILES string of the molecule is CC(C)CC(CNCC1CC2C=CC1C2)C(=O)O. The fourth-order valence-electron chi connectivity index (χ4n) is 3.41. The van der Waals surface area contributed by atoms with E-state index in [1.807, 2.05) is 0 Å². The molecule has 0 amide bonds. The second-order valence-corrected chi connectivity index (χ2v) is 6.36. The predicted octanol–water partition coefficient (Wildman–Crippen LogP) is 2.54. The number of fused-ring (bicyclic) bond motifs is 2. The summed E-state index contributed by atoms with van der Waals surface area (Å²) in [5.41, 5.74) is 0. The number of rotatable bonds is 7. The zero-order valence-electron chi connectivity index (χ0n) is 11.4. The van der Waals surface area contributed by atoms with Gasteiger partial charge in [-0.2, -0.15) is 0 Å². The highest BCUT2D eigenvalue weighted by molar-refractivity contribution is 5.70. The maximum absolute atomic E-state index is 11.1. The van der Waals surface area contributed by atoms with Crippen LogP contribution in [-0.2, 0) is 4.79 Å². The zero-order valence-corrected chi connectivity index (χ0v) is 11.4. The maximum Gasteiger partial charge on any atom is 0.307 e. The quantitative estimate of drug-likeness (QED) is 0.684. The van der Waals surface area contributed by atoms with Gasteiger partial charge in [0.1, 0.15) is 0 Å². The molecule has 2 bridgehead atoms. The molecule has 2 rings (SSSR count). The highest BCUT2D eigenvalue weighted by Crippen LogP contribution is 2.42. The Bertz CT molecular complexity index is 324. The fraction of sp³-hybridized carbons (Fsp3) is 0.800. The Morgan fingerprint density at radius 1 is 1.39 bits per heavy atom. The lowest BCUT2D eigenvalue weighted by Crippen LogP contribution is -2.33. The van der Waals surface area contributed by atoms with E-state index in [2.05, 4.69) is 31.3 Å². The van der Waals surface area contributed by atoms with E-state index in [4.69, 9.17) is 5.11 Å². The number of allylic oxidation sites excluding steroid dienone is 2. The molecular formula is C15H25NO2. The first-order valence-corrected chi connectivity index (χ1v) is 7.18. The van der Waals surface area contributed by atoms with E-state index in [1.165, 1.54) is 12.8 Å². The van der Waals surface area contributed by atoms with Crippen LogP contribution in [-0.4, -0.2) is 24.2 Å². The monoisotopic (exact) mass is 251 g/mol. The van der Waals surface area contributed by atoms with Crippen molar-refractivity contribution >= 4 is 5.97 Å². The van der Waals surface area contributed by atoms with Crippen molar-refractivity contribution in [1.82, 2.24) is 5.32 Å². The lowest BCUT2D eigenvalue weighted by Gasteiger charge is -2.21. The van der Waals surface area contributed by atoms with Crippen molar-refractivity contribution < 1.29 is 9.90 Å². The Labute approximate surface area is 110 Å². The largest absolute Gasteiger partial charge is 0.481 e. The lowest BCUT2D eigenvalue weighted by molar-refractivity contribution is -0.142. The molecule has 0 saturated heterocycles. The third-order valence-corrected chi connectivity index (χ3v) is 4.32. The second-order valence-electron chi connectivity index (χ2n) is 6.36. The summed E-state index contributed by atoms with van der Waals surface area (Å²) in [7, 11) is 0. The average molecular weight is 251 g/mol. The summed E-state index contributed by atoms with van der Waals surface area (Å²) in [5.74, 6) is 1.82. The number of hydrogen-bond acceptors (Lipinski definition) is 2. The van der Waals surface area contributed by atoms with Gasteiger partial charge in [0.2, 0.25) is 0 Å². The molecule has 4 unspecified atom stereocenters. The smallest absolute Gasteiger partial charge is 0.307 e. The van der Waals surface area contributed by atoms with E-state index in [0.717, 1.165) is 30.7 Å². The zero-order chi connectivity index (χ0) is 13.1. The molecule has 2 N–H and O–H groups in total. The summed E-state index contributed by atoms with van der Waals surface area (Å²) in [4.78, 5) is 11.1. The molecule has 3 nitrogen and oxygen atoms in total. The minimum Gasteiger partial charge on any atom is -0.481 e. The molecule has 3 heteroatoms. The Balaban J connectivity index is 1.70. The van der Waals surface area contributed by atoms with Crippen LogP contribution in [0.3, 0.4) is 0 Å². The van der Waals surface area contributed by atoms with E-state index in [0.29, 0.717) is 12.5 Å². The van der Waals surface area contributed by atoms with Crippen LogP contribution in [0.15, 0.2) is 12.2 Å². The van der Waals surface area contributed by atoms with Crippen molar-refractivity contribution in [2.24, 2.45) is 29.6 Å². The van der Waals surface area contributed by atoms with Gasteiger partial charge in [0.05, 0.1) is 5.92 Å². The minimum atomic E-state index is -0.663. The Hall–Kier alpha value is -0.830. The van der Waals surface area contributed by atoms with E-state index < -0.39 is 5.97 Å². The summed E-state index contributed by atoms with van der Waals surface area (Å²) in [5, 5.41) is 12.6. The summed E-state index contributed by atoms with van der Waals surface area (Å²) < 4.78 is 0. The van der Waals surface area contributed by atoms with Gasteiger partial charge in [-0.15, -0.1) is 0 Å². The van der Waals surface area contributed by atoms with Crippen LogP contribution in [0.5, 0.6) is 0 Å². The third kappa shape index (κ3) is 3.35. The Morgan fingerprint density at radius 3 is 2.67 bits per heavy atom. The van der Waals surface area contributed by atoms with Crippen molar-refractivity contribution in [3.05, 3.63) is 12.2 Å². The highest BCUT2D eigenvalue weighted by atomic mass is 16.4.